The van der Waals surface area contributed by atoms with Crippen molar-refractivity contribution in [2.45, 2.75) is 6.04 Å². The lowest BCUT2D eigenvalue weighted by Gasteiger charge is -2.40. The van der Waals surface area contributed by atoms with Gasteiger partial charge in [0.2, 0.25) is 6.79 Å². The molecule has 1 atom stereocenters. The van der Waals surface area contributed by atoms with Gasteiger partial charge in [0.15, 0.2) is 11.5 Å². The van der Waals surface area contributed by atoms with E-state index in [2.05, 4.69) is 15.1 Å². The first-order valence-electron chi connectivity index (χ1n) is 11.2. The molecule has 0 aromatic heterocycles. The molecule has 0 aliphatic carbocycles. The molecule has 0 spiro atoms. The van der Waals surface area contributed by atoms with Crippen molar-refractivity contribution < 1.29 is 18.7 Å². The second-order valence-electron chi connectivity index (χ2n) is 8.35. The first kappa shape index (κ1) is 22.5. The Hall–Kier alpha value is -3.29. The topological polar surface area (TPSA) is 54.0 Å². The van der Waals surface area contributed by atoms with Crippen LogP contribution in [0.15, 0.2) is 66.7 Å². The summed E-state index contributed by atoms with van der Waals surface area (Å²) in [6.45, 7) is 3.84. The van der Waals surface area contributed by atoms with Crippen LogP contribution < -0.4 is 19.7 Å². The molecular weight excluding hydrogens is 457 g/mol. The standard InChI is InChI=1S/C26H25ClFN3O3/c27-20-3-1-2-19(14-20)26(32)29-16-23(18-4-9-24-25(15-18)34-17-33-24)31-12-10-30(11-13-31)22-7-5-21(28)6-8-22/h1-9,14-15,23H,10-13,16-17H2,(H,29,32)/t23-/m0/s1. The number of anilines is 1. The van der Waals surface area contributed by atoms with Gasteiger partial charge < -0.3 is 19.7 Å². The molecule has 6 nitrogen and oxygen atoms in total. The van der Waals surface area contributed by atoms with Crippen molar-refractivity contribution >= 4 is 23.2 Å². The Morgan fingerprint density at radius 1 is 0.971 bits per heavy atom. The van der Waals surface area contributed by atoms with Crippen LogP contribution in [-0.2, 0) is 0 Å². The van der Waals surface area contributed by atoms with E-state index in [1.54, 1.807) is 24.3 Å². The quantitative estimate of drug-likeness (QED) is 0.562. The number of halogens is 2. The summed E-state index contributed by atoms with van der Waals surface area (Å²) < 4.78 is 24.4. The largest absolute Gasteiger partial charge is 0.454 e. The van der Waals surface area contributed by atoms with E-state index >= 15 is 0 Å². The van der Waals surface area contributed by atoms with E-state index in [-0.39, 0.29) is 24.6 Å². The number of carbonyl (C=O) groups excluding carboxylic acids is 1. The number of fused-ring (bicyclic) bond motifs is 1. The van der Waals surface area contributed by atoms with Gasteiger partial charge in [-0.2, -0.15) is 0 Å². The first-order valence-corrected chi connectivity index (χ1v) is 11.6. The molecule has 5 rings (SSSR count). The SMILES string of the molecule is O=C(NC[C@@H](c1ccc2c(c1)OCO2)N1CCN(c2ccc(F)cc2)CC1)c1cccc(Cl)c1. The fourth-order valence-electron chi connectivity index (χ4n) is 4.44. The highest BCUT2D eigenvalue weighted by Gasteiger charge is 2.27. The number of piperazine rings is 1. The number of amides is 1. The fraction of sp³-hybridized carbons (Fsp3) is 0.269. The van der Waals surface area contributed by atoms with Crippen molar-refractivity contribution in [1.29, 1.82) is 0 Å². The van der Waals surface area contributed by atoms with Gasteiger partial charge in [-0.1, -0.05) is 23.7 Å². The molecule has 1 N–H and O–H groups in total. The zero-order valence-corrected chi connectivity index (χ0v) is 19.3. The molecule has 3 aromatic rings. The van der Waals surface area contributed by atoms with Gasteiger partial charge in [-0.3, -0.25) is 9.69 Å². The highest BCUT2D eigenvalue weighted by Crippen LogP contribution is 2.36. The lowest BCUT2D eigenvalue weighted by Crippen LogP contribution is -2.50. The number of nitrogens with zero attached hydrogens (tertiary/aromatic N) is 2. The van der Waals surface area contributed by atoms with E-state index in [4.69, 9.17) is 21.1 Å². The van der Waals surface area contributed by atoms with Crippen LogP contribution >= 0.6 is 11.6 Å². The molecule has 1 fully saturated rings. The summed E-state index contributed by atoms with van der Waals surface area (Å²) in [6.07, 6.45) is 0. The van der Waals surface area contributed by atoms with Crippen LogP contribution in [0.3, 0.4) is 0 Å². The predicted molar refractivity (Wildman–Crippen MR) is 129 cm³/mol. The molecule has 1 saturated heterocycles. The van der Waals surface area contributed by atoms with Crippen LogP contribution in [0.25, 0.3) is 0 Å². The Morgan fingerprint density at radius 2 is 1.74 bits per heavy atom. The molecule has 34 heavy (non-hydrogen) atoms. The minimum absolute atomic E-state index is 0.0481. The number of hydrogen-bond acceptors (Lipinski definition) is 5. The number of carbonyl (C=O) groups is 1. The van der Waals surface area contributed by atoms with Crippen molar-refractivity contribution in [3.63, 3.8) is 0 Å². The maximum absolute atomic E-state index is 13.3. The molecule has 0 saturated carbocycles. The average molecular weight is 482 g/mol. The van der Waals surface area contributed by atoms with E-state index in [1.807, 2.05) is 30.3 Å². The summed E-state index contributed by atoms with van der Waals surface area (Å²) in [5, 5.41) is 3.60. The lowest BCUT2D eigenvalue weighted by atomic mass is 10.0. The van der Waals surface area contributed by atoms with E-state index < -0.39 is 0 Å². The van der Waals surface area contributed by atoms with E-state index in [9.17, 15) is 9.18 Å². The highest BCUT2D eigenvalue weighted by atomic mass is 35.5. The van der Waals surface area contributed by atoms with Gasteiger partial charge in [-0.25, -0.2) is 4.39 Å². The third kappa shape index (κ3) is 4.95. The first-order chi connectivity index (χ1) is 16.6. The van der Waals surface area contributed by atoms with Crippen LogP contribution in [0.4, 0.5) is 10.1 Å². The Balaban J connectivity index is 1.32. The maximum Gasteiger partial charge on any atom is 0.251 e. The molecule has 0 bridgehead atoms. The van der Waals surface area contributed by atoms with Gasteiger partial charge in [0.1, 0.15) is 5.82 Å². The van der Waals surface area contributed by atoms with Crippen molar-refractivity contribution in [2.75, 3.05) is 44.4 Å². The number of rotatable bonds is 6. The summed E-state index contributed by atoms with van der Waals surface area (Å²) in [7, 11) is 0. The molecule has 3 aromatic carbocycles. The van der Waals surface area contributed by atoms with Crippen molar-refractivity contribution in [2.24, 2.45) is 0 Å². The Labute approximate surface area is 202 Å². The summed E-state index contributed by atoms with van der Waals surface area (Å²) in [5.74, 6) is 1.04. The zero-order chi connectivity index (χ0) is 23.5. The smallest absolute Gasteiger partial charge is 0.251 e. The average Bonchev–Trinajstić information content (AvgIpc) is 3.33. The minimum atomic E-state index is -0.235. The van der Waals surface area contributed by atoms with E-state index in [1.165, 1.54) is 12.1 Å². The minimum Gasteiger partial charge on any atom is -0.454 e. The van der Waals surface area contributed by atoms with Crippen molar-refractivity contribution in [3.05, 3.63) is 88.7 Å². The van der Waals surface area contributed by atoms with Gasteiger partial charge in [0.25, 0.3) is 5.91 Å². The summed E-state index contributed by atoms with van der Waals surface area (Å²) in [6, 6.07) is 19.4. The number of ether oxygens (including phenoxy) is 2. The molecule has 176 valence electrons. The molecule has 2 aliphatic rings. The van der Waals surface area contributed by atoms with Gasteiger partial charge >= 0.3 is 0 Å². The molecule has 1 amide bonds. The van der Waals surface area contributed by atoms with Crippen LogP contribution in [0.2, 0.25) is 5.02 Å². The number of hydrogen-bond donors (Lipinski definition) is 1. The second-order valence-corrected chi connectivity index (χ2v) is 8.78. The lowest BCUT2D eigenvalue weighted by molar-refractivity contribution is 0.0930. The van der Waals surface area contributed by atoms with Gasteiger partial charge in [0, 0.05) is 49.0 Å². The van der Waals surface area contributed by atoms with Gasteiger partial charge in [-0.15, -0.1) is 0 Å². The normalized spacial score (nSPS) is 16.4. The third-order valence-electron chi connectivity index (χ3n) is 6.27. The zero-order valence-electron chi connectivity index (χ0n) is 18.5. The van der Waals surface area contributed by atoms with Gasteiger partial charge in [-0.05, 0) is 60.2 Å². The van der Waals surface area contributed by atoms with Crippen LogP contribution in [0.5, 0.6) is 11.5 Å². The van der Waals surface area contributed by atoms with Crippen LogP contribution in [-0.4, -0.2) is 50.3 Å². The van der Waals surface area contributed by atoms with E-state index in [0.717, 1.165) is 43.2 Å². The molecule has 2 heterocycles. The molecule has 0 unspecified atom stereocenters. The summed E-state index contributed by atoms with van der Waals surface area (Å²) in [5.41, 5.74) is 2.58. The Kier molecular flexibility index (Phi) is 6.56. The van der Waals surface area contributed by atoms with Crippen molar-refractivity contribution in [1.82, 2.24) is 10.2 Å². The number of benzene rings is 3. The molecule has 8 heteroatoms. The summed E-state index contributed by atoms with van der Waals surface area (Å²) >= 11 is 6.06. The Bertz CT molecular complexity index is 1170. The van der Waals surface area contributed by atoms with E-state index in [0.29, 0.717) is 22.9 Å². The van der Waals surface area contributed by atoms with Crippen molar-refractivity contribution in [3.8, 4) is 11.5 Å². The van der Waals surface area contributed by atoms with Crippen LogP contribution in [0.1, 0.15) is 22.0 Å². The maximum atomic E-state index is 13.3. The highest BCUT2D eigenvalue weighted by molar-refractivity contribution is 6.30. The predicted octanol–water partition coefficient (Wildman–Crippen LogP) is 4.50. The molecular formula is C26H25ClFN3O3. The Morgan fingerprint density at radius 3 is 2.50 bits per heavy atom. The number of nitrogens with one attached hydrogen (secondary N) is 1. The van der Waals surface area contributed by atoms with Crippen LogP contribution in [0, 0.1) is 5.82 Å². The fourth-order valence-corrected chi connectivity index (χ4v) is 4.63. The molecule has 2 aliphatic heterocycles. The third-order valence-corrected chi connectivity index (χ3v) is 6.51. The van der Waals surface area contributed by atoms with Gasteiger partial charge in [0.05, 0.1) is 6.04 Å². The summed E-state index contributed by atoms with van der Waals surface area (Å²) in [4.78, 5) is 17.4. The monoisotopic (exact) mass is 481 g/mol. The molecule has 0 radical (unpaired) electrons. The second kappa shape index (κ2) is 9.91.